The summed E-state index contributed by atoms with van der Waals surface area (Å²) in [5, 5.41) is 14.3. The van der Waals surface area contributed by atoms with Crippen LogP contribution in [0.4, 0.5) is 5.69 Å². The number of nitrogens with one attached hydrogen (secondary N) is 1. The van der Waals surface area contributed by atoms with Crippen molar-refractivity contribution in [3.8, 4) is 0 Å². The van der Waals surface area contributed by atoms with Gasteiger partial charge in [-0.15, -0.1) is 0 Å². The minimum Gasteiger partial charge on any atom is -0.466 e. The number of nitro benzene ring substituents is 1. The van der Waals surface area contributed by atoms with Crippen molar-refractivity contribution in [3.63, 3.8) is 0 Å². The lowest BCUT2D eigenvalue weighted by Crippen LogP contribution is -2.25. The summed E-state index contributed by atoms with van der Waals surface area (Å²) in [7, 11) is 0. The molecule has 0 heterocycles. The summed E-state index contributed by atoms with van der Waals surface area (Å²) in [6.45, 7) is 5.20. The average molecular weight is 407 g/mol. The van der Waals surface area contributed by atoms with E-state index in [1.807, 2.05) is 0 Å². The molecule has 0 saturated carbocycles. The molecule has 0 bridgehead atoms. The molecule has 0 aliphatic heterocycles. The summed E-state index contributed by atoms with van der Waals surface area (Å²) in [6.07, 6.45) is 13.0. The molecule has 0 aliphatic carbocycles. The first-order chi connectivity index (χ1) is 14.1. The van der Waals surface area contributed by atoms with E-state index in [1.165, 1.54) is 69.9 Å². The summed E-state index contributed by atoms with van der Waals surface area (Å²) >= 11 is 0. The van der Waals surface area contributed by atoms with Crippen LogP contribution in [0.2, 0.25) is 0 Å². The number of hydrogen-bond acceptors (Lipinski definition) is 5. The van der Waals surface area contributed by atoms with Crippen LogP contribution in [0.5, 0.6) is 0 Å². The second kappa shape index (κ2) is 15.9. The van der Waals surface area contributed by atoms with Crippen molar-refractivity contribution in [2.24, 2.45) is 0 Å². The molecule has 29 heavy (non-hydrogen) atoms. The normalized spacial score (nSPS) is 11.9. The quantitative estimate of drug-likeness (QED) is 0.146. The van der Waals surface area contributed by atoms with Gasteiger partial charge in [0.1, 0.15) is 0 Å². The number of rotatable bonds is 17. The maximum Gasteiger partial charge on any atom is 0.307 e. The van der Waals surface area contributed by atoms with Gasteiger partial charge < -0.3 is 10.1 Å². The van der Waals surface area contributed by atoms with Crippen molar-refractivity contribution in [2.45, 2.75) is 90.5 Å². The van der Waals surface area contributed by atoms with Gasteiger partial charge in [0.25, 0.3) is 5.69 Å². The van der Waals surface area contributed by atoms with Crippen LogP contribution < -0.4 is 5.32 Å². The van der Waals surface area contributed by atoms with E-state index in [2.05, 4.69) is 12.2 Å². The molecule has 1 rings (SSSR count). The zero-order chi connectivity index (χ0) is 21.3. The largest absolute Gasteiger partial charge is 0.466 e. The van der Waals surface area contributed by atoms with Gasteiger partial charge in [0.2, 0.25) is 0 Å². The van der Waals surface area contributed by atoms with E-state index in [-0.39, 0.29) is 24.1 Å². The highest BCUT2D eigenvalue weighted by Crippen LogP contribution is 2.21. The standard InChI is InChI=1S/C23H38N2O4/c1-3-5-6-7-8-9-10-11-12-13-18-24-22(19-23(26)29-4-2)20-14-16-21(17-15-20)25(27)28/h14-17,22,24H,3-13,18-19H2,1-2H3. The third-order valence-electron chi connectivity index (χ3n) is 5.10. The molecule has 0 aromatic heterocycles. The summed E-state index contributed by atoms with van der Waals surface area (Å²) in [6, 6.07) is 6.21. The van der Waals surface area contributed by atoms with E-state index in [0.29, 0.717) is 6.61 Å². The smallest absolute Gasteiger partial charge is 0.307 e. The van der Waals surface area contributed by atoms with Crippen molar-refractivity contribution in [1.82, 2.24) is 5.32 Å². The van der Waals surface area contributed by atoms with Gasteiger partial charge >= 0.3 is 5.97 Å². The van der Waals surface area contributed by atoms with Crippen LogP contribution in [-0.4, -0.2) is 24.0 Å². The molecule has 0 aliphatic rings. The van der Waals surface area contributed by atoms with Crippen molar-refractivity contribution < 1.29 is 14.5 Å². The van der Waals surface area contributed by atoms with E-state index in [4.69, 9.17) is 4.74 Å². The monoisotopic (exact) mass is 406 g/mol. The zero-order valence-corrected chi connectivity index (χ0v) is 18.2. The van der Waals surface area contributed by atoms with E-state index in [0.717, 1.165) is 18.5 Å². The zero-order valence-electron chi connectivity index (χ0n) is 18.2. The van der Waals surface area contributed by atoms with E-state index in [1.54, 1.807) is 19.1 Å². The number of hydrogen-bond donors (Lipinski definition) is 1. The topological polar surface area (TPSA) is 81.5 Å². The lowest BCUT2D eigenvalue weighted by atomic mass is 10.0. The Morgan fingerprint density at radius 2 is 1.52 bits per heavy atom. The fourth-order valence-corrected chi connectivity index (χ4v) is 3.41. The highest BCUT2D eigenvalue weighted by atomic mass is 16.6. The number of esters is 1. The number of ether oxygens (including phenoxy) is 1. The van der Waals surface area contributed by atoms with Gasteiger partial charge in [-0.05, 0) is 25.5 Å². The Hall–Kier alpha value is -1.95. The van der Waals surface area contributed by atoms with Gasteiger partial charge in [-0.1, -0.05) is 76.8 Å². The molecular formula is C23H38N2O4. The summed E-state index contributed by atoms with van der Waals surface area (Å²) in [4.78, 5) is 22.4. The highest BCUT2D eigenvalue weighted by Gasteiger charge is 2.17. The van der Waals surface area contributed by atoms with Crippen LogP contribution >= 0.6 is 0 Å². The molecular weight excluding hydrogens is 368 g/mol. The lowest BCUT2D eigenvalue weighted by Gasteiger charge is -2.18. The number of nitro groups is 1. The van der Waals surface area contributed by atoms with Crippen molar-refractivity contribution in [2.75, 3.05) is 13.2 Å². The molecule has 0 amide bonds. The Balaban J connectivity index is 2.34. The second-order valence-corrected chi connectivity index (χ2v) is 7.55. The van der Waals surface area contributed by atoms with E-state index >= 15 is 0 Å². The molecule has 0 fully saturated rings. The van der Waals surface area contributed by atoms with Gasteiger partial charge in [0.05, 0.1) is 18.0 Å². The van der Waals surface area contributed by atoms with Gasteiger partial charge in [0.15, 0.2) is 0 Å². The predicted octanol–water partition coefficient (Wildman–Crippen LogP) is 6.10. The molecule has 6 nitrogen and oxygen atoms in total. The molecule has 164 valence electrons. The van der Waals surface area contributed by atoms with Crippen LogP contribution in [0.15, 0.2) is 24.3 Å². The summed E-state index contributed by atoms with van der Waals surface area (Å²) in [5.74, 6) is -0.258. The third kappa shape index (κ3) is 11.6. The number of carbonyl (C=O) groups is 1. The van der Waals surface area contributed by atoms with Gasteiger partial charge in [0, 0.05) is 18.2 Å². The van der Waals surface area contributed by atoms with E-state index in [9.17, 15) is 14.9 Å². The number of unbranched alkanes of at least 4 members (excludes halogenated alkanes) is 9. The lowest BCUT2D eigenvalue weighted by molar-refractivity contribution is -0.384. The first-order valence-electron chi connectivity index (χ1n) is 11.2. The number of nitrogens with zero attached hydrogens (tertiary/aromatic N) is 1. The Morgan fingerprint density at radius 1 is 0.966 bits per heavy atom. The van der Waals surface area contributed by atoms with Crippen molar-refractivity contribution >= 4 is 11.7 Å². The van der Waals surface area contributed by atoms with Gasteiger partial charge in [-0.2, -0.15) is 0 Å². The molecule has 0 spiro atoms. The Bertz CT molecular complexity index is 575. The molecule has 0 saturated heterocycles. The minimum absolute atomic E-state index is 0.0540. The summed E-state index contributed by atoms with van der Waals surface area (Å²) in [5.41, 5.74) is 0.925. The molecule has 6 heteroatoms. The van der Waals surface area contributed by atoms with Crippen LogP contribution in [-0.2, 0) is 9.53 Å². The number of carbonyl (C=O) groups excluding carboxylic acids is 1. The van der Waals surface area contributed by atoms with Gasteiger partial charge in [-0.3, -0.25) is 14.9 Å². The molecule has 1 aromatic rings. The second-order valence-electron chi connectivity index (χ2n) is 7.55. The van der Waals surface area contributed by atoms with Crippen molar-refractivity contribution in [1.29, 1.82) is 0 Å². The first kappa shape index (κ1) is 25.1. The maximum atomic E-state index is 11.9. The first-order valence-corrected chi connectivity index (χ1v) is 11.2. The van der Waals surface area contributed by atoms with Crippen molar-refractivity contribution in [3.05, 3.63) is 39.9 Å². The molecule has 1 atom stereocenters. The number of non-ortho nitro benzene ring substituents is 1. The van der Waals surface area contributed by atoms with Gasteiger partial charge in [-0.25, -0.2) is 0 Å². The fourth-order valence-electron chi connectivity index (χ4n) is 3.41. The number of benzene rings is 1. The fraction of sp³-hybridized carbons (Fsp3) is 0.696. The molecule has 1 N–H and O–H groups in total. The van der Waals surface area contributed by atoms with E-state index < -0.39 is 4.92 Å². The predicted molar refractivity (Wildman–Crippen MR) is 117 cm³/mol. The average Bonchev–Trinajstić information content (AvgIpc) is 2.71. The molecule has 1 aromatic carbocycles. The summed E-state index contributed by atoms with van der Waals surface area (Å²) < 4.78 is 5.08. The van der Waals surface area contributed by atoms with Crippen LogP contribution in [0.25, 0.3) is 0 Å². The minimum atomic E-state index is -0.415. The Labute approximate surface area is 175 Å². The van der Waals surface area contributed by atoms with Crippen LogP contribution in [0, 0.1) is 10.1 Å². The SMILES string of the molecule is CCCCCCCCCCCCNC(CC(=O)OCC)c1ccc([N+](=O)[O-])cc1. The molecule has 1 unspecified atom stereocenters. The Kier molecular flexibility index (Phi) is 13.8. The third-order valence-corrected chi connectivity index (χ3v) is 5.10. The highest BCUT2D eigenvalue weighted by molar-refractivity contribution is 5.70. The van der Waals surface area contributed by atoms with Crippen LogP contribution in [0.1, 0.15) is 96.1 Å². The molecule has 0 radical (unpaired) electrons. The maximum absolute atomic E-state index is 11.9. The Morgan fingerprint density at radius 3 is 2.03 bits per heavy atom. The van der Waals surface area contributed by atoms with Crippen LogP contribution in [0.3, 0.4) is 0 Å².